The highest BCUT2D eigenvalue weighted by molar-refractivity contribution is 4.66. The second-order valence-corrected chi connectivity index (χ2v) is 2.29. The molecule has 0 amide bonds. The van der Waals surface area contributed by atoms with Crippen LogP contribution in [0.15, 0.2) is 0 Å². The Morgan fingerprint density at radius 1 is 1.29 bits per heavy atom. The number of nitrogens with two attached hydrogens (primary N) is 1. The third-order valence-electron chi connectivity index (χ3n) is 1.57. The van der Waals surface area contributed by atoms with Crippen LogP contribution in [-0.4, -0.2) is 6.04 Å². The molecule has 1 fully saturated rings. The smallest absolute Gasteiger partial charge is 0.119 e. The Bertz CT molecular complexity index is 79.1. The Morgan fingerprint density at radius 2 is 2.00 bits per heavy atom. The zero-order valence-electron chi connectivity index (χ0n) is 6.56. The highest BCUT2D eigenvalue weighted by Gasteiger charge is 2.06. The van der Waals surface area contributed by atoms with Crippen LogP contribution in [0.5, 0.6) is 0 Å². The molecule has 0 bridgehead atoms. The molecule has 0 heterocycles. The van der Waals surface area contributed by atoms with Crippen molar-refractivity contribution in [1.82, 2.24) is 0 Å². The largest absolute Gasteiger partial charge is 0.328 e. The van der Waals surface area contributed by atoms with Gasteiger partial charge in [-0.15, -0.1) is 0 Å². The second-order valence-electron chi connectivity index (χ2n) is 2.29. The molecular formula is C6H13N. The summed E-state index contributed by atoms with van der Waals surface area (Å²) in [5, 5.41) is 0. The Balaban J connectivity index is 2.23. The average Bonchev–Trinajstić information content (AvgIpc) is 1.90. The Labute approximate surface area is 47.8 Å². The van der Waals surface area contributed by atoms with Gasteiger partial charge >= 0.3 is 0 Å². The van der Waals surface area contributed by atoms with Gasteiger partial charge in [0, 0.05) is 6.04 Å². The molecule has 1 aliphatic carbocycles. The molecule has 0 aromatic rings. The van der Waals surface area contributed by atoms with E-state index in [1.165, 1.54) is 19.3 Å². The molecular weight excluding hydrogens is 86.1 g/mol. The first-order valence-corrected chi connectivity index (χ1v) is 3.07. The topological polar surface area (TPSA) is 26.0 Å². The lowest BCUT2D eigenvalue weighted by Gasteiger charge is -2.15. The van der Waals surface area contributed by atoms with Crippen LogP contribution in [-0.2, 0) is 0 Å². The maximum atomic E-state index is 6.97. The van der Waals surface area contributed by atoms with Crippen molar-refractivity contribution in [2.75, 3.05) is 0 Å². The van der Waals surface area contributed by atoms with Crippen LogP contribution in [0.1, 0.15) is 32.1 Å². The summed E-state index contributed by atoms with van der Waals surface area (Å²) in [6, 6.07) is 0.221. The molecule has 1 nitrogen and oxygen atoms in total. The van der Waals surface area contributed by atoms with Crippen molar-refractivity contribution in [1.29, 1.82) is 0 Å². The van der Waals surface area contributed by atoms with E-state index in [-0.39, 0.29) is 6.04 Å². The van der Waals surface area contributed by atoms with Crippen molar-refractivity contribution in [2.24, 2.45) is 5.72 Å². The molecule has 0 aromatic carbocycles. The first kappa shape index (κ1) is 3.08. The summed E-state index contributed by atoms with van der Waals surface area (Å²) in [4.78, 5) is 0. The standard InChI is InChI=1S/C6H13N/c7-6-4-2-1-3-5-6/h6H,1-5,7H2/i/hD2. The van der Waals surface area contributed by atoms with E-state index in [1.54, 1.807) is 0 Å². The SMILES string of the molecule is [2H]N([2H])C1CCCCC1. The lowest BCUT2D eigenvalue weighted by Crippen LogP contribution is -2.22. The van der Waals surface area contributed by atoms with Crippen molar-refractivity contribution in [3.8, 4) is 0 Å². The van der Waals surface area contributed by atoms with Gasteiger partial charge < -0.3 is 5.72 Å². The van der Waals surface area contributed by atoms with Gasteiger partial charge in [0.2, 0.25) is 0 Å². The van der Waals surface area contributed by atoms with Gasteiger partial charge in [-0.25, -0.2) is 0 Å². The maximum absolute atomic E-state index is 6.97. The molecule has 2 N–H and O–H groups in total. The predicted molar refractivity (Wildman–Crippen MR) is 31.1 cm³/mol. The van der Waals surface area contributed by atoms with Crippen LogP contribution in [0.3, 0.4) is 0 Å². The van der Waals surface area contributed by atoms with Gasteiger partial charge in [0.05, 0.1) is 0 Å². The molecule has 0 spiro atoms. The van der Waals surface area contributed by atoms with Crippen LogP contribution in [0.4, 0.5) is 0 Å². The van der Waals surface area contributed by atoms with Gasteiger partial charge in [0.25, 0.3) is 0 Å². The molecule has 1 aliphatic rings. The molecule has 1 saturated carbocycles. The van der Waals surface area contributed by atoms with Crippen LogP contribution in [0.25, 0.3) is 0 Å². The zero-order chi connectivity index (χ0) is 6.69. The zero-order valence-corrected chi connectivity index (χ0v) is 4.56. The van der Waals surface area contributed by atoms with Gasteiger partial charge in [-0.05, 0) is 12.8 Å². The van der Waals surface area contributed by atoms with Gasteiger partial charge in [0.1, 0.15) is 2.82 Å². The minimum absolute atomic E-state index is 0.221. The lowest BCUT2D eigenvalue weighted by molar-refractivity contribution is 0.441. The van der Waals surface area contributed by atoms with Gasteiger partial charge in [-0.2, -0.15) is 0 Å². The summed E-state index contributed by atoms with van der Waals surface area (Å²) in [6.07, 6.45) is 5.81. The molecule has 0 unspecified atom stereocenters. The minimum Gasteiger partial charge on any atom is -0.328 e. The van der Waals surface area contributed by atoms with Gasteiger partial charge in [-0.3, -0.25) is 0 Å². The third kappa shape index (κ3) is 1.48. The van der Waals surface area contributed by atoms with Crippen molar-refractivity contribution >= 4 is 0 Å². The fraction of sp³-hybridized carbons (Fsp3) is 1.00. The molecule has 1 rings (SSSR count). The number of hydrogen-bond acceptors (Lipinski definition) is 1. The Hall–Kier alpha value is -0.0400. The number of hydrogen-bond donors (Lipinski definition) is 1. The summed E-state index contributed by atoms with van der Waals surface area (Å²) in [5.41, 5.74) is 0.860. The van der Waals surface area contributed by atoms with Gasteiger partial charge in [0.15, 0.2) is 0 Å². The molecule has 42 valence electrons. The Kier molecular flexibility index (Phi) is 1.02. The van der Waals surface area contributed by atoms with E-state index in [1.807, 2.05) is 0 Å². The van der Waals surface area contributed by atoms with Crippen molar-refractivity contribution in [3.63, 3.8) is 0 Å². The van der Waals surface area contributed by atoms with Crippen molar-refractivity contribution in [3.05, 3.63) is 0 Å². The summed E-state index contributed by atoms with van der Waals surface area (Å²) in [7, 11) is 0. The van der Waals surface area contributed by atoms with E-state index in [4.69, 9.17) is 2.82 Å². The maximum Gasteiger partial charge on any atom is 0.119 e. The van der Waals surface area contributed by atoms with Gasteiger partial charge in [-0.1, -0.05) is 19.3 Å². The summed E-state index contributed by atoms with van der Waals surface area (Å²) >= 11 is 0. The lowest BCUT2D eigenvalue weighted by atomic mass is 9.97. The first-order valence-electron chi connectivity index (χ1n) is 3.97. The molecule has 0 aliphatic heterocycles. The average molecular weight is 101 g/mol. The van der Waals surface area contributed by atoms with E-state index in [9.17, 15) is 0 Å². The van der Waals surface area contributed by atoms with E-state index in [0.717, 1.165) is 18.6 Å². The minimum atomic E-state index is 0.221. The predicted octanol–water partition coefficient (Wildman–Crippen LogP) is 1.28. The summed E-state index contributed by atoms with van der Waals surface area (Å²) < 4.78 is 13.9. The number of rotatable bonds is 1. The van der Waals surface area contributed by atoms with Crippen LogP contribution >= 0.6 is 0 Å². The highest BCUT2D eigenvalue weighted by atomic mass is 14.6. The molecule has 1 heteroatoms. The molecule has 0 saturated heterocycles. The Morgan fingerprint density at radius 3 is 2.43 bits per heavy atom. The molecule has 0 radical (unpaired) electrons. The van der Waals surface area contributed by atoms with E-state index >= 15 is 0 Å². The van der Waals surface area contributed by atoms with Crippen LogP contribution in [0.2, 0.25) is 2.82 Å². The van der Waals surface area contributed by atoms with E-state index in [0.29, 0.717) is 0 Å². The fourth-order valence-corrected chi connectivity index (χ4v) is 1.08. The van der Waals surface area contributed by atoms with E-state index in [2.05, 4.69) is 0 Å². The quantitative estimate of drug-likeness (QED) is 0.529. The third-order valence-corrected chi connectivity index (χ3v) is 1.57. The molecule has 0 aromatic heterocycles. The van der Waals surface area contributed by atoms with Crippen LogP contribution in [0, 0.1) is 0 Å². The summed E-state index contributed by atoms with van der Waals surface area (Å²) in [6.45, 7) is 0. The second kappa shape index (κ2) is 2.31. The summed E-state index contributed by atoms with van der Waals surface area (Å²) in [5.74, 6) is 0. The first-order chi connectivity index (χ1) is 4.30. The fourth-order valence-electron chi connectivity index (χ4n) is 1.08. The molecule has 7 heavy (non-hydrogen) atoms. The van der Waals surface area contributed by atoms with Crippen molar-refractivity contribution in [2.45, 2.75) is 38.1 Å². The van der Waals surface area contributed by atoms with Crippen molar-refractivity contribution < 1.29 is 2.82 Å². The highest BCUT2D eigenvalue weighted by Crippen LogP contribution is 2.14. The molecule has 0 atom stereocenters. The normalized spacial score (nSPS) is 29.9. The monoisotopic (exact) mass is 101 g/mol. The van der Waals surface area contributed by atoms with Crippen LogP contribution < -0.4 is 5.72 Å². The van der Waals surface area contributed by atoms with E-state index < -0.39 is 0 Å².